The van der Waals surface area contributed by atoms with Crippen LogP contribution >= 0.6 is 11.3 Å². The number of hydrogen-bond donors (Lipinski definition) is 1. The minimum atomic E-state index is -0.627. The molecule has 0 bridgehead atoms. The lowest BCUT2D eigenvalue weighted by atomic mass is 10.1. The Bertz CT molecular complexity index is 1130. The molecule has 3 aromatic rings. The van der Waals surface area contributed by atoms with Crippen LogP contribution in [-0.2, 0) is 22.5 Å². The van der Waals surface area contributed by atoms with E-state index in [9.17, 15) is 9.59 Å². The van der Waals surface area contributed by atoms with Crippen molar-refractivity contribution in [2.45, 2.75) is 31.8 Å². The summed E-state index contributed by atoms with van der Waals surface area (Å²) in [5.74, 6) is 0.305. The zero-order valence-corrected chi connectivity index (χ0v) is 17.0. The summed E-state index contributed by atoms with van der Waals surface area (Å²) in [5.41, 5.74) is 1.85. The zero-order chi connectivity index (χ0) is 20.7. The third-order valence-electron chi connectivity index (χ3n) is 5.07. The first kappa shape index (κ1) is 18.9. The van der Waals surface area contributed by atoms with Gasteiger partial charge in [0.25, 0.3) is 11.8 Å². The van der Waals surface area contributed by atoms with Gasteiger partial charge in [0.1, 0.15) is 10.7 Å². The number of ether oxygens (including phenoxy) is 2. The number of pyridine rings is 1. The smallest absolute Gasteiger partial charge is 0.340 e. The van der Waals surface area contributed by atoms with Crippen LogP contribution in [0.1, 0.15) is 55.9 Å². The molecule has 0 saturated heterocycles. The van der Waals surface area contributed by atoms with Crippen molar-refractivity contribution < 1.29 is 23.6 Å². The molecule has 1 aliphatic carbocycles. The number of esters is 1. The number of rotatable bonds is 5. The highest BCUT2D eigenvalue weighted by molar-refractivity contribution is 7.17. The summed E-state index contributed by atoms with van der Waals surface area (Å²) >= 11 is 1.40. The van der Waals surface area contributed by atoms with Crippen LogP contribution in [0.5, 0.6) is 0 Å². The van der Waals surface area contributed by atoms with Gasteiger partial charge in [0.2, 0.25) is 0 Å². The topological polar surface area (TPSA) is 116 Å². The summed E-state index contributed by atoms with van der Waals surface area (Å²) < 4.78 is 15.9. The second kappa shape index (κ2) is 7.62. The van der Waals surface area contributed by atoms with Gasteiger partial charge in [0.15, 0.2) is 5.82 Å². The van der Waals surface area contributed by atoms with E-state index in [2.05, 4.69) is 20.4 Å². The second-order valence-electron chi connectivity index (χ2n) is 7.09. The van der Waals surface area contributed by atoms with Crippen LogP contribution in [0.3, 0.4) is 0 Å². The first-order valence-electron chi connectivity index (χ1n) is 9.56. The maximum atomic E-state index is 13.0. The summed E-state index contributed by atoms with van der Waals surface area (Å²) in [6.45, 7) is 1.05. The van der Waals surface area contributed by atoms with Gasteiger partial charge in [-0.2, -0.15) is 4.98 Å². The SMILES string of the molecule is COC(=O)c1cccnc1C(=O)Nc1sc2c(c1-c1nc(C3CC3)no1)CCOC2. The molecule has 9 nitrogen and oxygen atoms in total. The molecule has 1 N–H and O–H groups in total. The molecule has 10 heteroatoms. The van der Waals surface area contributed by atoms with Gasteiger partial charge in [0.05, 0.1) is 31.5 Å². The van der Waals surface area contributed by atoms with E-state index < -0.39 is 11.9 Å². The Hall–Kier alpha value is -3.11. The Morgan fingerprint density at radius 2 is 2.20 bits per heavy atom. The summed E-state index contributed by atoms with van der Waals surface area (Å²) in [6.07, 6.45) is 4.27. The molecule has 2 aliphatic rings. The molecule has 0 spiro atoms. The van der Waals surface area contributed by atoms with Crippen molar-refractivity contribution in [1.82, 2.24) is 15.1 Å². The monoisotopic (exact) mass is 426 g/mol. The van der Waals surface area contributed by atoms with Gasteiger partial charge >= 0.3 is 5.97 Å². The maximum Gasteiger partial charge on any atom is 0.340 e. The van der Waals surface area contributed by atoms with E-state index in [-0.39, 0.29) is 11.3 Å². The predicted molar refractivity (Wildman–Crippen MR) is 106 cm³/mol. The third kappa shape index (κ3) is 3.37. The number of hydrogen-bond acceptors (Lipinski definition) is 9. The average Bonchev–Trinajstić information content (AvgIpc) is 3.40. The van der Waals surface area contributed by atoms with E-state index in [0.29, 0.717) is 42.3 Å². The number of carbonyl (C=O) groups excluding carboxylic acids is 2. The Labute approximate surface area is 175 Å². The van der Waals surface area contributed by atoms with Crippen LogP contribution in [0.25, 0.3) is 11.5 Å². The molecule has 1 saturated carbocycles. The van der Waals surface area contributed by atoms with E-state index in [1.165, 1.54) is 30.7 Å². The molecular weight excluding hydrogens is 408 g/mol. The lowest BCUT2D eigenvalue weighted by molar-refractivity contribution is 0.0596. The number of carbonyl (C=O) groups is 2. The van der Waals surface area contributed by atoms with Gasteiger partial charge in [-0.05, 0) is 37.0 Å². The van der Waals surface area contributed by atoms with Gasteiger partial charge in [0, 0.05) is 17.0 Å². The molecule has 5 rings (SSSR count). The van der Waals surface area contributed by atoms with Crippen LogP contribution in [0, 0.1) is 0 Å². The normalized spacial score (nSPS) is 15.5. The number of anilines is 1. The van der Waals surface area contributed by atoms with Crippen molar-refractivity contribution in [3.8, 4) is 11.5 Å². The predicted octanol–water partition coefficient (Wildman–Crippen LogP) is 3.18. The van der Waals surface area contributed by atoms with Crippen LogP contribution < -0.4 is 5.32 Å². The molecule has 0 aromatic carbocycles. The van der Waals surface area contributed by atoms with Gasteiger partial charge in [-0.15, -0.1) is 11.3 Å². The summed E-state index contributed by atoms with van der Waals surface area (Å²) in [6, 6.07) is 3.08. The Morgan fingerprint density at radius 1 is 1.33 bits per heavy atom. The highest BCUT2D eigenvalue weighted by Gasteiger charge is 2.32. The summed E-state index contributed by atoms with van der Waals surface area (Å²) in [7, 11) is 1.26. The van der Waals surface area contributed by atoms with Gasteiger partial charge in [-0.3, -0.25) is 9.78 Å². The van der Waals surface area contributed by atoms with Crippen molar-refractivity contribution in [3.05, 3.63) is 45.9 Å². The third-order valence-corrected chi connectivity index (χ3v) is 6.19. The van der Waals surface area contributed by atoms with E-state index in [1.54, 1.807) is 6.07 Å². The molecule has 0 unspecified atom stereocenters. The summed E-state index contributed by atoms with van der Waals surface area (Å²) in [5, 5.41) is 7.57. The van der Waals surface area contributed by atoms with E-state index >= 15 is 0 Å². The number of aromatic nitrogens is 3. The standard InChI is InChI=1S/C20H18N4O5S/c1-27-20(26)12-3-2-7-21-15(12)17(25)23-19-14(11-6-8-28-9-13(11)30-19)18-22-16(24-29-18)10-4-5-10/h2-3,7,10H,4-6,8-9H2,1H3,(H,23,25). The zero-order valence-electron chi connectivity index (χ0n) is 16.1. The highest BCUT2D eigenvalue weighted by Crippen LogP contribution is 2.44. The van der Waals surface area contributed by atoms with Crippen LogP contribution in [0.4, 0.5) is 5.00 Å². The minimum Gasteiger partial charge on any atom is -0.465 e. The molecule has 3 aromatic heterocycles. The lowest BCUT2D eigenvalue weighted by Crippen LogP contribution is -2.18. The Balaban J connectivity index is 1.52. The molecular formula is C20H18N4O5S. The fraction of sp³-hybridized carbons (Fsp3) is 0.350. The molecule has 1 aliphatic heterocycles. The molecule has 4 heterocycles. The molecule has 30 heavy (non-hydrogen) atoms. The minimum absolute atomic E-state index is 0.0119. The molecule has 1 fully saturated rings. The highest BCUT2D eigenvalue weighted by atomic mass is 32.1. The molecule has 1 amide bonds. The second-order valence-corrected chi connectivity index (χ2v) is 8.19. The number of nitrogens with zero attached hydrogens (tertiary/aromatic N) is 3. The van der Waals surface area contributed by atoms with E-state index in [1.807, 2.05) is 0 Å². The van der Waals surface area contributed by atoms with Gasteiger partial charge < -0.3 is 19.3 Å². The maximum absolute atomic E-state index is 13.0. The largest absolute Gasteiger partial charge is 0.465 e. The van der Waals surface area contributed by atoms with Crippen molar-refractivity contribution >= 4 is 28.2 Å². The van der Waals surface area contributed by atoms with Crippen molar-refractivity contribution in [2.24, 2.45) is 0 Å². The van der Waals surface area contributed by atoms with Crippen LogP contribution in [0.2, 0.25) is 0 Å². The number of fused-ring (bicyclic) bond motifs is 1. The van der Waals surface area contributed by atoms with Crippen molar-refractivity contribution in [3.63, 3.8) is 0 Å². The first-order chi connectivity index (χ1) is 14.7. The van der Waals surface area contributed by atoms with Crippen molar-refractivity contribution in [2.75, 3.05) is 19.0 Å². The van der Waals surface area contributed by atoms with E-state index in [4.69, 9.17) is 14.0 Å². The van der Waals surface area contributed by atoms with Gasteiger partial charge in [-0.1, -0.05) is 5.16 Å². The number of thiophene rings is 1. The van der Waals surface area contributed by atoms with E-state index in [0.717, 1.165) is 28.8 Å². The number of amides is 1. The number of methoxy groups -OCH3 is 1. The Morgan fingerprint density at radius 3 is 3.00 bits per heavy atom. The fourth-order valence-corrected chi connectivity index (χ4v) is 4.59. The van der Waals surface area contributed by atoms with Crippen LogP contribution in [-0.4, -0.2) is 40.7 Å². The molecule has 0 radical (unpaired) electrons. The fourth-order valence-electron chi connectivity index (χ4n) is 3.41. The summed E-state index contributed by atoms with van der Waals surface area (Å²) in [4.78, 5) is 34.7. The first-order valence-corrected chi connectivity index (χ1v) is 10.4. The van der Waals surface area contributed by atoms with Crippen LogP contribution in [0.15, 0.2) is 22.9 Å². The number of nitrogens with one attached hydrogen (secondary N) is 1. The Kier molecular flexibility index (Phi) is 4.80. The molecule has 0 atom stereocenters. The lowest BCUT2D eigenvalue weighted by Gasteiger charge is -2.12. The van der Waals surface area contributed by atoms with Gasteiger partial charge in [-0.25, -0.2) is 4.79 Å². The molecule has 154 valence electrons. The van der Waals surface area contributed by atoms with Crippen molar-refractivity contribution in [1.29, 1.82) is 0 Å². The quantitative estimate of drug-likeness (QED) is 0.618. The average molecular weight is 426 g/mol.